The van der Waals surface area contributed by atoms with Crippen LogP contribution < -0.4 is 11.4 Å². The average Bonchev–Trinajstić information content (AvgIpc) is 2.96. The zero-order chi connectivity index (χ0) is 19.1. The second kappa shape index (κ2) is 6.79. The molecule has 10 heteroatoms. The highest BCUT2D eigenvalue weighted by atomic mass is 35.5. The van der Waals surface area contributed by atoms with E-state index in [0.717, 1.165) is 22.4 Å². The third-order valence-electron chi connectivity index (χ3n) is 3.64. The number of aromatic nitrogens is 3. The molecule has 2 aromatic carbocycles. The van der Waals surface area contributed by atoms with Gasteiger partial charge in [0.15, 0.2) is 5.82 Å². The molecule has 0 aliphatic carbocycles. The first-order valence-electron chi connectivity index (χ1n) is 7.26. The van der Waals surface area contributed by atoms with Crippen LogP contribution in [0.2, 0.25) is 10.0 Å². The van der Waals surface area contributed by atoms with E-state index in [9.17, 15) is 18.0 Å². The van der Waals surface area contributed by atoms with Crippen molar-refractivity contribution in [2.45, 2.75) is 12.7 Å². The highest BCUT2D eigenvalue weighted by Crippen LogP contribution is 2.35. The Hall–Kier alpha value is -2.29. The van der Waals surface area contributed by atoms with Crippen molar-refractivity contribution in [1.82, 2.24) is 14.8 Å². The SMILES string of the molecule is NCc1ccc(Cl)c(-c2nn(-c3ccc(Cl)c(C(F)(F)F)c3)c(=O)[nH]2)c1. The molecule has 0 bridgehead atoms. The van der Waals surface area contributed by atoms with Gasteiger partial charge in [0.05, 0.1) is 21.3 Å². The molecule has 0 spiro atoms. The minimum Gasteiger partial charge on any atom is -0.326 e. The molecule has 136 valence electrons. The van der Waals surface area contributed by atoms with Crippen molar-refractivity contribution >= 4 is 23.2 Å². The largest absolute Gasteiger partial charge is 0.417 e. The van der Waals surface area contributed by atoms with Gasteiger partial charge < -0.3 is 5.73 Å². The molecule has 0 aliphatic rings. The van der Waals surface area contributed by atoms with E-state index in [4.69, 9.17) is 28.9 Å². The minimum absolute atomic E-state index is 0.0830. The quantitative estimate of drug-likeness (QED) is 0.694. The molecule has 0 fully saturated rings. The van der Waals surface area contributed by atoms with Gasteiger partial charge in [-0.05, 0) is 35.9 Å². The lowest BCUT2D eigenvalue weighted by molar-refractivity contribution is -0.137. The molecular weight excluding hydrogens is 392 g/mol. The number of rotatable bonds is 3. The van der Waals surface area contributed by atoms with E-state index in [-0.39, 0.29) is 18.1 Å². The highest BCUT2D eigenvalue weighted by molar-refractivity contribution is 6.33. The maximum atomic E-state index is 13.0. The molecule has 26 heavy (non-hydrogen) atoms. The van der Waals surface area contributed by atoms with Gasteiger partial charge in [0, 0.05) is 12.1 Å². The van der Waals surface area contributed by atoms with Gasteiger partial charge in [-0.2, -0.15) is 17.9 Å². The lowest BCUT2D eigenvalue weighted by Crippen LogP contribution is -2.17. The van der Waals surface area contributed by atoms with Crippen molar-refractivity contribution in [1.29, 1.82) is 0 Å². The van der Waals surface area contributed by atoms with Crippen molar-refractivity contribution in [2.75, 3.05) is 0 Å². The molecule has 0 atom stereocenters. The molecule has 3 N–H and O–H groups in total. The second-order valence-corrected chi connectivity index (χ2v) is 6.19. The van der Waals surface area contributed by atoms with Gasteiger partial charge in [-0.25, -0.2) is 4.79 Å². The Kier molecular flexibility index (Phi) is 4.83. The molecule has 0 saturated heterocycles. The lowest BCUT2D eigenvalue weighted by Gasteiger charge is -2.10. The van der Waals surface area contributed by atoms with E-state index in [1.807, 2.05) is 0 Å². The molecule has 3 aromatic rings. The molecular formula is C16H11Cl2F3N4O. The highest BCUT2D eigenvalue weighted by Gasteiger charge is 2.33. The number of nitrogens with one attached hydrogen (secondary N) is 1. The first-order chi connectivity index (χ1) is 12.2. The molecule has 0 saturated carbocycles. The summed E-state index contributed by atoms with van der Waals surface area (Å²) < 4.78 is 39.9. The predicted octanol–water partition coefficient (Wildman–Crippen LogP) is 4.01. The van der Waals surface area contributed by atoms with Crippen molar-refractivity contribution < 1.29 is 13.2 Å². The Labute approximate surface area is 155 Å². The van der Waals surface area contributed by atoms with E-state index in [2.05, 4.69) is 10.1 Å². The maximum absolute atomic E-state index is 13.0. The molecule has 0 unspecified atom stereocenters. The van der Waals surface area contributed by atoms with E-state index in [0.29, 0.717) is 10.6 Å². The van der Waals surface area contributed by atoms with Gasteiger partial charge in [-0.15, -0.1) is 5.10 Å². The monoisotopic (exact) mass is 402 g/mol. The van der Waals surface area contributed by atoms with Crippen molar-refractivity contribution in [3.63, 3.8) is 0 Å². The van der Waals surface area contributed by atoms with E-state index < -0.39 is 22.5 Å². The Morgan fingerprint density at radius 2 is 1.81 bits per heavy atom. The predicted molar refractivity (Wildman–Crippen MR) is 92.5 cm³/mol. The van der Waals surface area contributed by atoms with Crippen LogP contribution in [0.5, 0.6) is 0 Å². The van der Waals surface area contributed by atoms with E-state index in [1.165, 1.54) is 6.07 Å². The minimum atomic E-state index is -4.66. The fourth-order valence-corrected chi connectivity index (χ4v) is 2.80. The third-order valence-corrected chi connectivity index (χ3v) is 4.30. The smallest absolute Gasteiger partial charge is 0.326 e. The van der Waals surface area contributed by atoms with Crippen molar-refractivity contribution in [3.8, 4) is 17.1 Å². The fourth-order valence-electron chi connectivity index (χ4n) is 2.36. The van der Waals surface area contributed by atoms with Crippen LogP contribution in [0, 0.1) is 0 Å². The number of halogens is 5. The summed E-state index contributed by atoms with van der Waals surface area (Å²) in [4.78, 5) is 14.7. The van der Waals surface area contributed by atoms with E-state index in [1.54, 1.807) is 18.2 Å². The number of H-pyrrole nitrogens is 1. The summed E-state index contributed by atoms with van der Waals surface area (Å²) in [6.07, 6.45) is -4.66. The first-order valence-corrected chi connectivity index (χ1v) is 8.01. The van der Waals surface area contributed by atoms with Crippen LogP contribution in [0.1, 0.15) is 11.1 Å². The van der Waals surface area contributed by atoms with Crippen LogP contribution in [0.15, 0.2) is 41.2 Å². The van der Waals surface area contributed by atoms with Crippen LogP contribution in [0.25, 0.3) is 17.1 Å². The third kappa shape index (κ3) is 3.48. The molecule has 1 aromatic heterocycles. The van der Waals surface area contributed by atoms with Crippen LogP contribution in [0.3, 0.4) is 0 Å². The normalized spacial score (nSPS) is 11.8. The molecule has 0 amide bonds. The van der Waals surface area contributed by atoms with Crippen molar-refractivity contribution in [3.05, 3.63) is 68.1 Å². The lowest BCUT2D eigenvalue weighted by atomic mass is 10.1. The number of nitrogens with zero attached hydrogens (tertiary/aromatic N) is 2. The topological polar surface area (TPSA) is 76.7 Å². The molecule has 5 nitrogen and oxygen atoms in total. The number of alkyl halides is 3. The molecule has 0 radical (unpaired) electrons. The van der Waals surface area contributed by atoms with Gasteiger partial charge in [0.25, 0.3) is 0 Å². The van der Waals surface area contributed by atoms with Crippen LogP contribution in [-0.4, -0.2) is 14.8 Å². The zero-order valence-corrected chi connectivity index (χ0v) is 14.5. The standard InChI is InChI=1S/C16H11Cl2F3N4O/c17-12-3-1-8(7-22)5-10(12)14-23-15(26)25(24-14)9-2-4-13(18)11(6-9)16(19,20)21/h1-6H,7,22H2,(H,23,24,26). The Morgan fingerprint density at radius 1 is 1.12 bits per heavy atom. The van der Waals surface area contributed by atoms with Crippen LogP contribution in [0.4, 0.5) is 13.2 Å². The molecule has 3 rings (SSSR count). The van der Waals surface area contributed by atoms with Gasteiger partial charge >= 0.3 is 11.9 Å². The number of nitrogens with two attached hydrogens (primary N) is 1. The average molecular weight is 403 g/mol. The van der Waals surface area contributed by atoms with Gasteiger partial charge in [0.1, 0.15) is 0 Å². The van der Waals surface area contributed by atoms with Gasteiger partial charge in [0.2, 0.25) is 0 Å². The van der Waals surface area contributed by atoms with Crippen LogP contribution >= 0.6 is 23.2 Å². The summed E-state index contributed by atoms with van der Waals surface area (Å²) in [5.74, 6) is 0.110. The summed E-state index contributed by atoms with van der Waals surface area (Å²) in [6, 6.07) is 8.04. The maximum Gasteiger partial charge on any atom is 0.417 e. The number of aromatic amines is 1. The van der Waals surface area contributed by atoms with Crippen LogP contribution in [-0.2, 0) is 12.7 Å². The summed E-state index contributed by atoms with van der Waals surface area (Å²) in [6.45, 7) is 0.251. The summed E-state index contributed by atoms with van der Waals surface area (Å²) in [5.41, 5.74) is 4.89. The Bertz CT molecular complexity index is 1030. The Morgan fingerprint density at radius 3 is 2.46 bits per heavy atom. The molecule has 1 heterocycles. The first kappa shape index (κ1) is 18.5. The zero-order valence-electron chi connectivity index (χ0n) is 12.9. The van der Waals surface area contributed by atoms with Gasteiger partial charge in [-0.3, -0.25) is 4.98 Å². The van der Waals surface area contributed by atoms with E-state index >= 15 is 0 Å². The Balaban J connectivity index is 2.12. The summed E-state index contributed by atoms with van der Waals surface area (Å²) in [5, 5.41) is 3.90. The number of benzene rings is 2. The number of hydrogen-bond acceptors (Lipinski definition) is 3. The summed E-state index contributed by atoms with van der Waals surface area (Å²) >= 11 is 11.7. The van der Waals surface area contributed by atoms with Gasteiger partial charge in [-0.1, -0.05) is 29.3 Å². The fraction of sp³-hybridized carbons (Fsp3) is 0.125. The summed E-state index contributed by atoms with van der Waals surface area (Å²) in [7, 11) is 0. The number of hydrogen-bond donors (Lipinski definition) is 2. The van der Waals surface area contributed by atoms with Crippen molar-refractivity contribution in [2.24, 2.45) is 5.73 Å². The molecule has 0 aliphatic heterocycles. The second-order valence-electron chi connectivity index (χ2n) is 5.37.